The van der Waals surface area contributed by atoms with Gasteiger partial charge in [-0.05, 0) is 30.7 Å². The highest BCUT2D eigenvalue weighted by molar-refractivity contribution is 7.99. The molecule has 2 aliphatic heterocycles. The third-order valence-electron chi connectivity index (χ3n) is 4.84. The molecule has 2 N–H and O–H groups in total. The standard InChI is InChI=1S/C20H22N2O3S/c23-17-13-25-12-14(17)9-10-21-20(24)11-22-15-5-1-3-7-18(15)26-19-8-4-2-6-16(19)22/h1-8,14,17,23H,9-13H2,(H,21,24)/t14-,17-/m1/s1. The number of fused-ring (bicyclic) bond motifs is 2. The number of amides is 1. The number of carbonyl (C=O) groups is 1. The maximum atomic E-state index is 12.5. The van der Waals surface area contributed by atoms with Crippen LogP contribution in [0, 0.1) is 5.92 Å². The Balaban J connectivity index is 1.43. The van der Waals surface area contributed by atoms with Gasteiger partial charge < -0.3 is 20.1 Å². The first-order chi connectivity index (χ1) is 12.7. The van der Waals surface area contributed by atoms with Gasteiger partial charge in [0.05, 0.1) is 30.7 Å². The van der Waals surface area contributed by atoms with Crippen molar-refractivity contribution < 1.29 is 14.6 Å². The fourth-order valence-electron chi connectivity index (χ4n) is 3.41. The highest BCUT2D eigenvalue weighted by atomic mass is 32.2. The number of nitrogens with zero attached hydrogens (tertiary/aromatic N) is 1. The zero-order valence-corrected chi connectivity index (χ0v) is 15.2. The lowest BCUT2D eigenvalue weighted by molar-refractivity contribution is -0.119. The SMILES string of the molecule is O=C(CN1c2ccccc2Sc2ccccc21)NCC[C@@H]1COC[C@H]1O. The molecule has 2 aromatic rings. The summed E-state index contributed by atoms with van der Waals surface area (Å²) in [7, 11) is 0. The van der Waals surface area contributed by atoms with Crippen LogP contribution in [-0.2, 0) is 9.53 Å². The third kappa shape index (κ3) is 3.58. The fraction of sp³-hybridized carbons (Fsp3) is 0.350. The van der Waals surface area contributed by atoms with Crippen LogP contribution in [-0.4, -0.2) is 43.4 Å². The number of ether oxygens (including phenoxy) is 1. The van der Waals surface area contributed by atoms with E-state index in [4.69, 9.17) is 4.74 Å². The molecule has 4 rings (SSSR count). The molecular formula is C20H22N2O3S. The van der Waals surface area contributed by atoms with Crippen LogP contribution in [0.3, 0.4) is 0 Å². The van der Waals surface area contributed by atoms with E-state index < -0.39 is 6.10 Å². The van der Waals surface area contributed by atoms with Crippen LogP contribution < -0.4 is 10.2 Å². The number of carbonyl (C=O) groups excluding carboxylic acids is 1. The molecular weight excluding hydrogens is 348 g/mol. The molecule has 0 bridgehead atoms. The number of rotatable bonds is 5. The van der Waals surface area contributed by atoms with Crippen molar-refractivity contribution in [3.63, 3.8) is 0 Å². The van der Waals surface area contributed by atoms with Gasteiger partial charge in [0.25, 0.3) is 0 Å². The summed E-state index contributed by atoms with van der Waals surface area (Å²) < 4.78 is 5.25. The number of para-hydroxylation sites is 2. The highest BCUT2D eigenvalue weighted by Crippen LogP contribution is 2.47. The summed E-state index contributed by atoms with van der Waals surface area (Å²) in [6.45, 7) is 1.80. The molecule has 0 aliphatic carbocycles. The molecule has 1 saturated heterocycles. The van der Waals surface area contributed by atoms with Gasteiger partial charge in [-0.1, -0.05) is 36.0 Å². The molecule has 2 aromatic carbocycles. The van der Waals surface area contributed by atoms with Gasteiger partial charge in [-0.25, -0.2) is 0 Å². The maximum absolute atomic E-state index is 12.5. The summed E-state index contributed by atoms with van der Waals surface area (Å²) in [6.07, 6.45) is 0.320. The summed E-state index contributed by atoms with van der Waals surface area (Å²) in [5, 5.41) is 12.8. The van der Waals surface area contributed by atoms with E-state index >= 15 is 0 Å². The molecule has 136 valence electrons. The van der Waals surface area contributed by atoms with Crippen molar-refractivity contribution in [2.75, 3.05) is 31.2 Å². The van der Waals surface area contributed by atoms with Crippen LogP contribution >= 0.6 is 11.8 Å². The van der Waals surface area contributed by atoms with Crippen LogP contribution in [0.4, 0.5) is 11.4 Å². The van der Waals surface area contributed by atoms with Crippen molar-refractivity contribution in [2.45, 2.75) is 22.3 Å². The van der Waals surface area contributed by atoms with E-state index in [9.17, 15) is 9.90 Å². The van der Waals surface area contributed by atoms with Gasteiger partial charge >= 0.3 is 0 Å². The lowest BCUT2D eigenvalue weighted by atomic mass is 10.0. The zero-order valence-electron chi connectivity index (χ0n) is 14.4. The minimum atomic E-state index is -0.412. The van der Waals surface area contributed by atoms with E-state index in [0.29, 0.717) is 19.8 Å². The van der Waals surface area contributed by atoms with Crippen molar-refractivity contribution >= 4 is 29.0 Å². The van der Waals surface area contributed by atoms with Crippen LogP contribution in [0.15, 0.2) is 58.3 Å². The fourth-order valence-corrected chi connectivity index (χ4v) is 4.51. The van der Waals surface area contributed by atoms with E-state index in [1.807, 2.05) is 24.3 Å². The monoisotopic (exact) mass is 370 g/mol. The lowest BCUT2D eigenvalue weighted by Crippen LogP contribution is -2.37. The average Bonchev–Trinajstić information content (AvgIpc) is 3.06. The molecule has 2 aliphatic rings. The van der Waals surface area contributed by atoms with Gasteiger partial charge in [-0.2, -0.15) is 0 Å². The Morgan fingerprint density at radius 3 is 2.38 bits per heavy atom. The minimum absolute atomic E-state index is 0.0186. The van der Waals surface area contributed by atoms with Crippen molar-refractivity contribution in [3.05, 3.63) is 48.5 Å². The molecule has 0 unspecified atom stereocenters. The summed E-state index contributed by atoms with van der Waals surface area (Å²) in [6, 6.07) is 16.3. The van der Waals surface area contributed by atoms with E-state index in [1.54, 1.807) is 11.8 Å². The van der Waals surface area contributed by atoms with Crippen LogP contribution in [0.2, 0.25) is 0 Å². The molecule has 0 spiro atoms. The van der Waals surface area contributed by atoms with Crippen molar-refractivity contribution in [2.24, 2.45) is 5.92 Å². The predicted molar refractivity (Wildman–Crippen MR) is 102 cm³/mol. The molecule has 2 heterocycles. The first kappa shape index (κ1) is 17.4. The van der Waals surface area contributed by atoms with Crippen LogP contribution in [0.25, 0.3) is 0 Å². The Bertz CT molecular complexity index is 753. The van der Waals surface area contributed by atoms with Crippen LogP contribution in [0.1, 0.15) is 6.42 Å². The average molecular weight is 370 g/mol. The van der Waals surface area contributed by atoms with E-state index in [2.05, 4.69) is 34.5 Å². The summed E-state index contributed by atoms with van der Waals surface area (Å²) in [4.78, 5) is 16.9. The van der Waals surface area contributed by atoms with Gasteiger partial charge in [-0.3, -0.25) is 4.79 Å². The van der Waals surface area contributed by atoms with Gasteiger partial charge in [0, 0.05) is 22.3 Å². The number of hydrogen-bond donors (Lipinski definition) is 2. The quantitative estimate of drug-likeness (QED) is 0.847. The number of nitrogens with one attached hydrogen (secondary N) is 1. The molecule has 0 saturated carbocycles. The Labute approximate surface area is 157 Å². The second-order valence-electron chi connectivity index (χ2n) is 6.63. The summed E-state index contributed by atoms with van der Waals surface area (Å²) in [5.41, 5.74) is 2.12. The first-order valence-electron chi connectivity index (χ1n) is 8.88. The molecule has 0 radical (unpaired) electrons. The normalized spacial score (nSPS) is 21.2. The Kier molecular flexibility index (Phi) is 5.15. The molecule has 1 fully saturated rings. The number of anilines is 2. The Hall–Kier alpha value is -2.02. The van der Waals surface area contributed by atoms with E-state index in [-0.39, 0.29) is 18.4 Å². The van der Waals surface area contributed by atoms with Gasteiger partial charge in [0.15, 0.2) is 0 Å². The smallest absolute Gasteiger partial charge is 0.239 e. The topological polar surface area (TPSA) is 61.8 Å². The van der Waals surface area contributed by atoms with Crippen molar-refractivity contribution in [1.82, 2.24) is 5.32 Å². The third-order valence-corrected chi connectivity index (χ3v) is 5.97. The van der Waals surface area contributed by atoms with Gasteiger partial charge in [0.1, 0.15) is 6.54 Å². The van der Waals surface area contributed by atoms with Gasteiger partial charge in [0.2, 0.25) is 5.91 Å². The van der Waals surface area contributed by atoms with E-state index in [0.717, 1.165) is 27.6 Å². The Morgan fingerprint density at radius 2 is 1.77 bits per heavy atom. The first-order valence-corrected chi connectivity index (χ1v) is 9.70. The maximum Gasteiger partial charge on any atom is 0.239 e. The molecule has 6 heteroatoms. The number of benzene rings is 2. The van der Waals surface area contributed by atoms with Crippen molar-refractivity contribution in [3.8, 4) is 0 Å². The van der Waals surface area contributed by atoms with Gasteiger partial charge in [-0.15, -0.1) is 0 Å². The van der Waals surface area contributed by atoms with E-state index in [1.165, 1.54) is 0 Å². The highest BCUT2D eigenvalue weighted by Gasteiger charge is 2.27. The minimum Gasteiger partial charge on any atom is -0.390 e. The van der Waals surface area contributed by atoms with Crippen molar-refractivity contribution in [1.29, 1.82) is 0 Å². The second-order valence-corrected chi connectivity index (χ2v) is 7.71. The molecule has 5 nitrogen and oxygen atoms in total. The molecule has 26 heavy (non-hydrogen) atoms. The second kappa shape index (κ2) is 7.70. The molecule has 0 aromatic heterocycles. The summed E-state index contributed by atoms with van der Waals surface area (Å²) in [5.74, 6) is 0.0954. The number of aliphatic hydroxyl groups excluding tert-OH is 1. The van der Waals surface area contributed by atoms with Crippen LogP contribution in [0.5, 0.6) is 0 Å². The lowest BCUT2D eigenvalue weighted by Gasteiger charge is -2.32. The predicted octanol–water partition coefficient (Wildman–Crippen LogP) is 2.80. The zero-order chi connectivity index (χ0) is 17.9. The largest absolute Gasteiger partial charge is 0.390 e. The Morgan fingerprint density at radius 1 is 1.12 bits per heavy atom. The summed E-state index contributed by atoms with van der Waals surface area (Å²) >= 11 is 1.73. The molecule has 2 atom stereocenters. The number of aliphatic hydroxyl groups is 1. The molecule has 1 amide bonds. The number of hydrogen-bond acceptors (Lipinski definition) is 5.